The van der Waals surface area contributed by atoms with Crippen molar-refractivity contribution < 1.29 is 0 Å². The first kappa shape index (κ1) is 10.6. The second kappa shape index (κ2) is 4.66. The third-order valence-corrected chi connectivity index (χ3v) is 2.09. The van der Waals surface area contributed by atoms with Crippen LogP contribution in [-0.2, 0) is 0 Å². The van der Waals surface area contributed by atoms with Gasteiger partial charge in [0.2, 0.25) is 0 Å². The quantitative estimate of drug-likeness (QED) is 0.722. The molecule has 0 radical (unpaired) electrons. The van der Waals surface area contributed by atoms with E-state index in [1.165, 1.54) is 5.56 Å². The van der Waals surface area contributed by atoms with Gasteiger partial charge in [-0.25, -0.2) is 0 Å². The number of benzene rings is 1. The zero-order valence-electron chi connectivity index (χ0n) is 8.83. The number of hydrogen-bond donors (Lipinski definition) is 1. The van der Waals surface area contributed by atoms with Gasteiger partial charge in [0.05, 0.1) is 0 Å². The largest absolute Gasteiger partial charge is 0.399 e. The van der Waals surface area contributed by atoms with Crippen LogP contribution in [0.25, 0.3) is 6.08 Å². The molecule has 1 aromatic rings. The van der Waals surface area contributed by atoms with Gasteiger partial charge in [-0.15, -0.1) is 0 Å². The summed E-state index contributed by atoms with van der Waals surface area (Å²) < 4.78 is 0. The van der Waals surface area contributed by atoms with Crippen molar-refractivity contribution in [3.63, 3.8) is 0 Å². The Bertz CT molecular complexity index is 331. The molecule has 0 unspecified atom stereocenters. The van der Waals surface area contributed by atoms with E-state index in [-0.39, 0.29) is 0 Å². The second-order valence-corrected chi connectivity index (χ2v) is 3.73. The van der Waals surface area contributed by atoms with Crippen molar-refractivity contribution in [1.82, 2.24) is 0 Å². The Hall–Kier alpha value is -1.50. The van der Waals surface area contributed by atoms with Gasteiger partial charge < -0.3 is 5.73 Å². The zero-order valence-corrected chi connectivity index (χ0v) is 8.83. The lowest BCUT2D eigenvalue weighted by molar-refractivity contribution is 0.866. The van der Waals surface area contributed by atoms with Crippen molar-refractivity contribution in [3.05, 3.63) is 53.7 Å². The second-order valence-electron chi connectivity index (χ2n) is 3.73. The SMILES string of the molecule is C=C(N)/C=C/c1ccc(C(C)C)cc1. The van der Waals surface area contributed by atoms with Crippen molar-refractivity contribution >= 4 is 6.08 Å². The average Bonchev–Trinajstić information content (AvgIpc) is 2.15. The first-order chi connectivity index (χ1) is 6.59. The number of rotatable bonds is 3. The fourth-order valence-corrected chi connectivity index (χ4v) is 1.20. The van der Waals surface area contributed by atoms with Crippen LogP contribution < -0.4 is 5.73 Å². The molecule has 0 aromatic heterocycles. The highest BCUT2D eigenvalue weighted by molar-refractivity contribution is 5.52. The summed E-state index contributed by atoms with van der Waals surface area (Å²) in [7, 11) is 0. The van der Waals surface area contributed by atoms with E-state index in [1.54, 1.807) is 0 Å². The lowest BCUT2D eigenvalue weighted by Gasteiger charge is -2.04. The molecule has 2 N–H and O–H groups in total. The van der Waals surface area contributed by atoms with Crippen LogP contribution in [-0.4, -0.2) is 0 Å². The van der Waals surface area contributed by atoms with Crippen LogP contribution in [0.3, 0.4) is 0 Å². The van der Waals surface area contributed by atoms with E-state index < -0.39 is 0 Å². The molecule has 0 saturated carbocycles. The maximum Gasteiger partial charge on any atom is 0.0241 e. The molecule has 1 rings (SSSR count). The molecule has 1 aromatic carbocycles. The van der Waals surface area contributed by atoms with Crippen molar-refractivity contribution in [2.24, 2.45) is 5.73 Å². The maximum atomic E-state index is 5.44. The van der Waals surface area contributed by atoms with Crippen molar-refractivity contribution in [3.8, 4) is 0 Å². The van der Waals surface area contributed by atoms with Crippen molar-refractivity contribution in [2.45, 2.75) is 19.8 Å². The molecule has 0 spiro atoms. The Morgan fingerprint density at radius 2 is 1.86 bits per heavy atom. The molecule has 0 aliphatic carbocycles. The minimum atomic E-state index is 0.581. The normalized spacial score (nSPS) is 11.1. The van der Waals surface area contributed by atoms with Crippen LogP contribution in [0, 0.1) is 0 Å². The monoisotopic (exact) mass is 187 g/mol. The fraction of sp³-hybridized carbons (Fsp3) is 0.231. The van der Waals surface area contributed by atoms with E-state index >= 15 is 0 Å². The molecule has 0 atom stereocenters. The Balaban J connectivity index is 2.78. The highest BCUT2D eigenvalue weighted by atomic mass is 14.5. The van der Waals surface area contributed by atoms with Crippen molar-refractivity contribution in [1.29, 1.82) is 0 Å². The summed E-state index contributed by atoms with van der Waals surface area (Å²) in [6, 6.07) is 8.47. The van der Waals surface area contributed by atoms with E-state index in [2.05, 4.69) is 44.7 Å². The summed E-state index contributed by atoms with van der Waals surface area (Å²) in [4.78, 5) is 0. The predicted molar refractivity (Wildman–Crippen MR) is 62.9 cm³/mol. The van der Waals surface area contributed by atoms with Gasteiger partial charge in [-0.05, 0) is 23.1 Å². The average molecular weight is 187 g/mol. The summed E-state index contributed by atoms with van der Waals surface area (Å²) in [5.74, 6) is 0.581. The fourth-order valence-electron chi connectivity index (χ4n) is 1.20. The van der Waals surface area contributed by atoms with E-state index in [0.717, 1.165) is 5.56 Å². The number of nitrogens with two attached hydrogens (primary N) is 1. The summed E-state index contributed by atoms with van der Waals surface area (Å²) >= 11 is 0. The summed E-state index contributed by atoms with van der Waals surface area (Å²) in [5, 5.41) is 0. The summed E-state index contributed by atoms with van der Waals surface area (Å²) in [6.45, 7) is 7.98. The molecular weight excluding hydrogens is 170 g/mol. The third kappa shape index (κ3) is 3.09. The molecule has 1 nitrogen and oxygen atoms in total. The Morgan fingerprint density at radius 1 is 1.29 bits per heavy atom. The topological polar surface area (TPSA) is 26.0 Å². The highest BCUT2D eigenvalue weighted by Gasteiger charge is 1.96. The minimum Gasteiger partial charge on any atom is -0.399 e. The molecule has 0 saturated heterocycles. The van der Waals surface area contributed by atoms with Crippen molar-refractivity contribution in [2.75, 3.05) is 0 Å². The third-order valence-electron chi connectivity index (χ3n) is 2.09. The molecule has 0 bridgehead atoms. The Morgan fingerprint density at radius 3 is 2.29 bits per heavy atom. The first-order valence-electron chi connectivity index (χ1n) is 4.82. The van der Waals surface area contributed by atoms with Gasteiger partial charge in [0.15, 0.2) is 0 Å². The maximum absolute atomic E-state index is 5.44. The smallest absolute Gasteiger partial charge is 0.0241 e. The van der Waals surface area contributed by atoms with Crippen LogP contribution in [0.5, 0.6) is 0 Å². The van der Waals surface area contributed by atoms with Gasteiger partial charge in [-0.3, -0.25) is 0 Å². The van der Waals surface area contributed by atoms with Gasteiger partial charge in [0, 0.05) is 5.70 Å². The molecule has 0 heterocycles. The summed E-state index contributed by atoms with van der Waals surface area (Å²) in [6.07, 6.45) is 3.77. The molecule has 0 fully saturated rings. The molecule has 0 amide bonds. The van der Waals surface area contributed by atoms with Crippen LogP contribution >= 0.6 is 0 Å². The predicted octanol–water partition coefficient (Wildman–Crippen LogP) is 3.30. The van der Waals surface area contributed by atoms with E-state index in [0.29, 0.717) is 11.6 Å². The molecule has 1 heteroatoms. The first-order valence-corrected chi connectivity index (χ1v) is 4.82. The van der Waals surface area contributed by atoms with E-state index in [9.17, 15) is 0 Å². The number of allylic oxidation sites excluding steroid dienone is 1. The van der Waals surface area contributed by atoms with Gasteiger partial charge in [-0.1, -0.05) is 50.8 Å². The van der Waals surface area contributed by atoms with Crippen LogP contribution in [0.1, 0.15) is 30.9 Å². The highest BCUT2D eigenvalue weighted by Crippen LogP contribution is 2.15. The molecule has 0 aliphatic heterocycles. The minimum absolute atomic E-state index is 0.581. The number of hydrogen-bond acceptors (Lipinski definition) is 1. The van der Waals surface area contributed by atoms with Crippen LogP contribution in [0.4, 0.5) is 0 Å². The Labute approximate surface area is 85.9 Å². The molecular formula is C13H17N. The zero-order chi connectivity index (χ0) is 10.6. The lowest BCUT2D eigenvalue weighted by Crippen LogP contribution is -1.89. The molecule has 14 heavy (non-hydrogen) atoms. The lowest BCUT2D eigenvalue weighted by atomic mass is 10.0. The molecule has 74 valence electrons. The van der Waals surface area contributed by atoms with Gasteiger partial charge >= 0.3 is 0 Å². The van der Waals surface area contributed by atoms with Gasteiger partial charge in [0.25, 0.3) is 0 Å². The standard InChI is InChI=1S/C13H17N/c1-10(2)13-8-6-12(7-9-13)5-4-11(3)14/h4-10H,3,14H2,1-2H3/b5-4+. The van der Waals surface area contributed by atoms with Crippen LogP contribution in [0.2, 0.25) is 0 Å². The van der Waals surface area contributed by atoms with Crippen LogP contribution in [0.15, 0.2) is 42.6 Å². The van der Waals surface area contributed by atoms with E-state index in [4.69, 9.17) is 5.73 Å². The van der Waals surface area contributed by atoms with Gasteiger partial charge in [-0.2, -0.15) is 0 Å². The summed E-state index contributed by atoms with van der Waals surface area (Å²) in [5.41, 5.74) is 8.53. The van der Waals surface area contributed by atoms with E-state index in [1.807, 2.05) is 12.2 Å². The Kier molecular flexibility index (Phi) is 3.52. The van der Waals surface area contributed by atoms with Gasteiger partial charge in [0.1, 0.15) is 0 Å². The molecule has 0 aliphatic rings.